The lowest BCUT2D eigenvalue weighted by atomic mass is 10.1. The average molecular weight is 263 g/mol. The second-order valence-electron chi connectivity index (χ2n) is 5.69. The Bertz CT molecular complexity index is 531. The fourth-order valence-corrected chi connectivity index (χ4v) is 2.68. The van der Waals surface area contributed by atoms with Gasteiger partial charge in [-0.15, -0.1) is 11.3 Å². The second-order valence-corrected chi connectivity index (χ2v) is 6.98. The van der Waals surface area contributed by atoms with Gasteiger partial charge in [0, 0.05) is 35.8 Å². The predicted octanol–water partition coefficient (Wildman–Crippen LogP) is 3.35. The molecular weight excluding hydrogens is 242 g/mol. The lowest BCUT2D eigenvalue weighted by molar-refractivity contribution is 0.424. The Hall–Kier alpha value is -1.13. The van der Waals surface area contributed by atoms with E-state index in [-0.39, 0.29) is 5.54 Å². The molecule has 98 valence electrons. The maximum Gasteiger partial charge on any atom is 0.107 e. The number of aromatic nitrogens is 2. The Labute approximate surface area is 113 Å². The van der Waals surface area contributed by atoms with Gasteiger partial charge in [0.05, 0.1) is 4.88 Å². The molecule has 0 unspecified atom stereocenters. The van der Waals surface area contributed by atoms with Crippen LogP contribution in [0.3, 0.4) is 0 Å². The molecule has 0 saturated carbocycles. The van der Waals surface area contributed by atoms with E-state index in [9.17, 15) is 0 Å². The average Bonchev–Trinajstić information content (AvgIpc) is 2.80. The van der Waals surface area contributed by atoms with Crippen molar-refractivity contribution >= 4 is 11.3 Å². The zero-order valence-corrected chi connectivity index (χ0v) is 12.6. The highest BCUT2D eigenvalue weighted by atomic mass is 32.1. The normalized spacial score (nSPS) is 12.1. The topological polar surface area (TPSA) is 29.9 Å². The summed E-state index contributed by atoms with van der Waals surface area (Å²) < 4.78 is 1.89. The first-order valence-electron chi connectivity index (χ1n) is 6.19. The van der Waals surface area contributed by atoms with Gasteiger partial charge in [0.15, 0.2) is 0 Å². The van der Waals surface area contributed by atoms with Crippen LogP contribution in [-0.2, 0) is 13.6 Å². The van der Waals surface area contributed by atoms with Gasteiger partial charge >= 0.3 is 0 Å². The van der Waals surface area contributed by atoms with Crippen LogP contribution in [0.25, 0.3) is 10.6 Å². The monoisotopic (exact) mass is 263 g/mol. The molecule has 3 nitrogen and oxygen atoms in total. The number of hydrogen-bond donors (Lipinski definition) is 1. The number of rotatable bonds is 3. The third kappa shape index (κ3) is 3.21. The minimum Gasteiger partial charge on any atom is -0.308 e. The van der Waals surface area contributed by atoms with Gasteiger partial charge in [0.25, 0.3) is 0 Å². The van der Waals surface area contributed by atoms with E-state index in [1.165, 1.54) is 15.3 Å². The first-order valence-corrected chi connectivity index (χ1v) is 7.01. The van der Waals surface area contributed by atoms with Crippen LogP contribution in [0.2, 0.25) is 0 Å². The quantitative estimate of drug-likeness (QED) is 0.920. The predicted molar refractivity (Wildman–Crippen MR) is 77.9 cm³/mol. The lowest BCUT2D eigenvalue weighted by Crippen LogP contribution is -2.35. The molecule has 0 amide bonds. The van der Waals surface area contributed by atoms with Crippen molar-refractivity contribution in [2.24, 2.45) is 7.05 Å². The van der Waals surface area contributed by atoms with E-state index in [0.717, 1.165) is 12.2 Å². The minimum atomic E-state index is 0.123. The van der Waals surface area contributed by atoms with Crippen LogP contribution < -0.4 is 5.32 Å². The smallest absolute Gasteiger partial charge is 0.107 e. The van der Waals surface area contributed by atoms with Crippen molar-refractivity contribution in [1.29, 1.82) is 0 Å². The summed E-state index contributed by atoms with van der Waals surface area (Å²) in [5.74, 6) is 0. The van der Waals surface area contributed by atoms with Crippen LogP contribution in [0.15, 0.2) is 18.3 Å². The molecule has 0 aliphatic rings. The number of nitrogens with one attached hydrogen (secondary N) is 1. The van der Waals surface area contributed by atoms with Crippen molar-refractivity contribution in [3.8, 4) is 10.6 Å². The minimum absolute atomic E-state index is 0.123. The number of nitrogens with zero attached hydrogens (tertiary/aromatic N) is 2. The van der Waals surface area contributed by atoms with Crippen LogP contribution in [0.4, 0.5) is 0 Å². The Kier molecular flexibility index (Phi) is 3.59. The van der Waals surface area contributed by atoms with E-state index in [1.54, 1.807) is 11.3 Å². The molecule has 1 N–H and O–H groups in total. The molecular formula is C14H21N3S. The number of aryl methyl sites for hydroxylation is 2. The van der Waals surface area contributed by atoms with Crippen molar-refractivity contribution in [3.05, 3.63) is 28.8 Å². The molecule has 0 aliphatic carbocycles. The Balaban J connectivity index is 2.26. The van der Waals surface area contributed by atoms with Crippen molar-refractivity contribution in [2.45, 2.75) is 39.8 Å². The Morgan fingerprint density at radius 1 is 1.33 bits per heavy atom. The first-order chi connectivity index (χ1) is 8.35. The first kappa shape index (κ1) is 13.3. The second kappa shape index (κ2) is 4.86. The molecule has 0 atom stereocenters. The van der Waals surface area contributed by atoms with Gasteiger partial charge in [0.2, 0.25) is 0 Å². The number of thiophene rings is 1. The van der Waals surface area contributed by atoms with Gasteiger partial charge in [0.1, 0.15) is 5.69 Å². The summed E-state index contributed by atoms with van der Waals surface area (Å²) in [6.07, 6.45) is 2.10. The van der Waals surface area contributed by atoms with E-state index in [4.69, 9.17) is 0 Å². The van der Waals surface area contributed by atoms with Gasteiger partial charge < -0.3 is 5.32 Å². The van der Waals surface area contributed by atoms with Crippen molar-refractivity contribution < 1.29 is 0 Å². The summed E-state index contributed by atoms with van der Waals surface area (Å²) in [7, 11) is 1.98. The van der Waals surface area contributed by atoms with Crippen molar-refractivity contribution in [3.63, 3.8) is 0 Å². The molecule has 0 saturated heterocycles. The van der Waals surface area contributed by atoms with E-state index in [1.807, 2.05) is 11.7 Å². The molecule has 4 heteroatoms. The molecule has 2 aromatic heterocycles. The summed E-state index contributed by atoms with van der Waals surface area (Å²) in [4.78, 5) is 2.57. The molecule has 0 radical (unpaired) electrons. The standard InChI is InChI=1S/C14H21N3S/c1-10-6-7-12(18-10)13-11(9-17(5)16-13)8-15-14(2,3)4/h6-7,9,15H,8H2,1-5H3. The van der Waals surface area contributed by atoms with Crippen LogP contribution in [-0.4, -0.2) is 15.3 Å². The SMILES string of the molecule is Cc1ccc(-c2nn(C)cc2CNC(C)(C)C)s1. The maximum absolute atomic E-state index is 4.58. The van der Waals surface area contributed by atoms with Crippen molar-refractivity contribution in [2.75, 3.05) is 0 Å². The summed E-state index contributed by atoms with van der Waals surface area (Å²) in [5, 5.41) is 8.10. The van der Waals surface area contributed by atoms with E-state index in [0.29, 0.717) is 0 Å². The van der Waals surface area contributed by atoms with Crippen LogP contribution in [0.1, 0.15) is 31.2 Å². The van der Waals surface area contributed by atoms with Crippen LogP contribution >= 0.6 is 11.3 Å². The zero-order chi connectivity index (χ0) is 13.3. The summed E-state index contributed by atoms with van der Waals surface area (Å²) in [5.41, 5.74) is 2.49. The molecule has 2 rings (SSSR count). The third-order valence-corrected chi connectivity index (χ3v) is 3.69. The fourth-order valence-electron chi connectivity index (χ4n) is 1.80. The lowest BCUT2D eigenvalue weighted by Gasteiger charge is -2.20. The zero-order valence-electron chi connectivity index (χ0n) is 11.7. The number of hydrogen-bond acceptors (Lipinski definition) is 3. The van der Waals surface area contributed by atoms with E-state index in [2.05, 4.69) is 56.4 Å². The molecule has 2 aromatic rings. The highest BCUT2D eigenvalue weighted by Crippen LogP contribution is 2.29. The molecule has 0 aliphatic heterocycles. The summed E-state index contributed by atoms with van der Waals surface area (Å²) >= 11 is 1.80. The summed E-state index contributed by atoms with van der Waals surface area (Å²) in [6.45, 7) is 9.52. The molecule has 2 heterocycles. The molecule has 0 spiro atoms. The molecule has 0 bridgehead atoms. The fraction of sp³-hybridized carbons (Fsp3) is 0.500. The van der Waals surface area contributed by atoms with Crippen LogP contribution in [0, 0.1) is 6.92 Å². The van der Waals surface area contributed by atoms with Crippen LogP contribution in [0.5, 0.6) is 0 Å². The van der Waals surface area contributed by atoms with Gasteiger partial charge in [-0.1, -0.05) is 0 Å². The highest BCUT2D eigenvalue weighted by molar-refractivity contribution is 7.15. The van der Waals surface area contributed by atoms with Gasteiger partial charge in [-0.2, -0.15) is 5.10 Å². The maximum atomic E-state index is 4.58. The third-order valence-electron chi connectivity index (χ3n) is 2.69. The summed E-state index contributed by atoms with van der Waals surface area (Å²) in [6, 6.07) is 4.30. The molecule has 0 fully saturated rings. The van der Waals surface area contributed by atoms with Gasteiger partial charge in [-0.25, -0.2) is 0 Å². The largest absolute Gasteiger partial charge is 0.308 e. The molecule has 18 heavy (non-hydrogen) atoms. The molecule has 0 aromatic carbocycles. The van der Waals surface area contributed by atoms with Gasteiger partial charge in [-0.05, 0) is 39.8 Å². The Morgan fingerprint density at radius 3 is 2.61 bits per heavy atom. The van der Waals surface area contributed by atoms with Crippen molar-refractivity contribution in [1.82, 2.24) is 15.1 Å². The Morgan fingerprint density at radius 2 is 2.06 bits per heavy atom. The van der Waals surface area contributed by atoms with Gasteiger partial charge in [-0.3, -0.25) is 4.68 Å². The van der Waals surface area contributed by atoms with E-state index >= 15 is 0 Å². The van der Waals surface area contributed by atoms with E-state index < -0.39 is 0 Å². The highest BCUT2D eigenvalue weighted by Gasteiger charge is 2.14.